The predicted octanol–water partition coefficient (Wildman–Crippen LogP) is -1.66. The molecule has 0 N–H and O–H groups in total. The van der Waals surface area contributed by atoms with E-state index in [0.717, 1.165) is 20.3 Å². The third-order valence-electron chi connectivity index (χ3n) is 4.20. The van der Waals surface area contributed by atoms with Crippen LogP contribution in [0, 0.1) is 0 Å². The molecule has 6 heteroatoms. The summed E-state index contributed by atoms with van der Waals surface area (Å²) in [6, 6.07) is 18.7. The van der Waals surface area contributed by atoms with E-state index in [-0.39, 0.29) is 35.1 Å². The van der Waals surface area contributed by atoms with Crippen LogP contribution in [0.5, 0.6) is 5.88 Å². The second-order valence-corrected chi connectivity index (χ2v) is 5.68. The molecular weight excluding hydrogens is 327 g/mol. The van der Waals surface area contributed by atoms with Gasteiger partial charge in [-0.3, -0.25) is 9.36 Å². The third-order valence-corrected chi connectivity index (χ3v) is 4.20. The first kappa shape index (κ1) is 19.2. The average molecular weight is 344 g/mol. The molecule has 0 fully saturated rings. The summed E-state index contributed by atoms with van der Waals surface area (Å²) in [7, 11) is 2.78. The van der Waals surface area contributed by atoms with Crippen molar-refractivity contribution >= 4 is 0 Å². The van der Waals surface area contributed by atoms with Crippen molar-refractivity contribution in [3.05, 3.63) is 98.2 Å². The number of nitrogens with zero attached hydrogens (tertiary/aromatic N) is 2. The van der Waals surface area contributed by atoms with Gasteiger partial charge < -0.3 is 9.67 Å². The van der Waals surface area contributed by atoms with Crippen LogP contribution in [-0.4, -0.2) is 9.13 Å². The van der Waals surface area contributed by atoms with E-state index in [1.165, 1.54) is 14.1 Å². The molecule has 1 aromatic heterocycles. The number of hydrogen-bond donors (Lipinski definition) is 0. The van der Waals surface area contributed by atoms with Crippen LogP contribution in [0.15, 0.2) is 70.3 Å². The zero-order valence-electron chi connectivity index (χ0n) is 14.5. The van der Waals surface area contributed by atoms with Gasteiger partial charge in [0.05, 0.1) is 0 Å². The van der Waals surface area contributed by atoms with Crippen molar-refractivity contribution in [3.63, 3.8) is 0 Å². The molecule has 0 unspecified atom stereocenters. The Morgan fingerprint density at radius 3 is 1.68 bits per heavy atom. The molecule has 0 amide bonds. The van der Waals surface area contributed by atoms with Crippen LogP contribution >= 0.6 is 0 Å². The summed E-state index contributed by atoms with van der Waals surface area (Å²) in [5.74, 6) is -1.08. The number of hydrogen-bond acceptors (Lipinski definition) is 3. The normalized spacial score (nSPS) is 10.5. The fourth-order valence-corrected chi connectivity index (χ4v) is 2.92. The maximum Gasteiger partial charge on any atom is 1.00 e. The quantitative estimate of drug-likeness (QED) is 0.534. The van der Waals surface area contributed by atoms with Gasteiger partial charge in [-0.15, -0.1) is 0 Å². The molecule has 3 rings (SSSR count). The van der Waals surface area contributed by atoms with Gasteiger partial charge in [0.2, 0.25) is 0 Å². The Balaban J connectivity index is 0.00000225. The molecule has 0 saturated carbocycles. The smallest absolute Gasteiger partial charge is 0.860 e. The summed E-state index contributed by atoms with van der Waals surface area (Å²) >= 11 is 0. The monoisotopic (exact) mass is 344 g/mol. The van der Waals surface area contributed by atoms with Gasteiger partial charge in [-0.25, -0.2) is 4.79 Å². The molecule has 0 aliphatic heterocycles. The molecule has 2 aromatic carbocycles. The van der Waals surface area contributed by atoms with Crippen LogP contribution < -0.4 is 45.9 Å². The molecule has 25 heavy (non-hydrogen) atoms. The van der Waals surface area contributed by atoms with Crippen molar-refractivity contribution < 1.29 is 34.7 Å². The Kier molecular flexibility index (Phi) is 6.06. The minimum atomic E-state index is -0.617. The molecule has 0 saturated heterocycles. The maximum absolute atomic E-state index is 12.7. The summed E-state index contributed by atoms with van der Waals surface area (Å²) in [6.45, 7) is 0. The third kappa shape index (κ3) is 3.49. The standard InChI is InChI=1S/C19H18N2O3.Na/c1-20-17(22)16(18(23)21(2)19(20)24)15(13-9-5-3-6-10-13)14-11-7-4-8-12-14;/h3-12,15,22H,1-2H3;/q;+1/p-1. The zero-order valence-corrected chi connectivity index (χ0v) is 16.5. The van der Waals surface area contributed by atoms with Crippen molar-refractivity contribution in [1.29, 1.82) is 0 Å². The van der Waals surface area contributed by atoms with Crippen LogP contribution in [0.2, 0.25) is 0 Å². The Morgan fingerprint density at radius 2 is 1.24 bits per heavy atom. The number of benzene rings is 2. The van der Waals surface area contributed by atoms with Gasteiger partial charge in [-0.2, -0.15) is 0 Å². The van der Waals surface area contributed by atoms with Gasteiger partial charge in [-0.1, -0.05) is 60.7 Å². The van der Waals surface area contributed by atoms with Crippen molar-refractivity contribution in [2.75, 3.05) is 0 Å². The first-order chi connectivity index (χ1) is 11.5. The molecule has 0 aliphatic carbocycles. The summed E-state index contributed by atoms with van der Waals surface area (Å²) in [5.41, 5.74) is 0.569. The van der Waals surface area contributed by atoms with Gasteiger partial charge in [0.25, 0.3) is 5.56 Å². The number of rotatable bonds is 3. The summed E-state index contributed by atoms with van der Waals surface area (Å²) in [6.07, 6.45) is 0. The topological polar surface area (TPSA) is 67.1 Å². The van der Waals surface area contributed by atoms with Gasteiger partial charge in [-0.05, 0) is 17.0 Å². The fourth-order valence-electron chi connectivity index (χ4n) is 2.92. The first-order valence-electron chi connectivity index (χ1n) is 7.59. The maximum atomic E-state index is 12.7. The zero-order chi connectivity index (χ0) is 17.3. The SMILES string of the molecule is Cn1c([O-])c(C(c2ccccc2)c2ccccc2)c(=O)n(C)c1=O.[Na+]. The second-order valence-electron chi connectivity index (χ2n) is 5.68. The summed E-state index contributed by atoms with van der Waals surface area (Å²) in [5, 5.41) is 12.7. The van der Waals surface area contributed by atoms with Gasteiger partial charge >= 0.3 is 35.2 Å². The van der Waals surface area contributed by atoms with E-state index < -0.39 is 23.0 Å². The molecule has 1 heterocycles. The van der Waals surface area contributed by atoms with Crippen LogP contribution in [-0.2, 0) is 14.1 Å². The molecule has 0 aliphatic rings. The van der Waals surface area contributed by atoms with E-state index in [2.05, 4.69) is 0 Å². The van der Waals surface area contributed by atoms with Crippen molar-refractivity contribution in [2.24, 2.45) is 14.1 Å². The van der Waals surface area contributed by atoms with E-state index >= 15 is 0 Å². The molecule has 122 valence electrons. The number of aromatic nitrogens is 2. The molecule has 0 spiro atoms. The van der Waals surface area contributed by atoms with Crippen molar-refractivity contribution in [3.8, 4) is 5.88 Å². The van der Waals surface area contributed by atoms with Crippen LogP contribution in [0.4, 0.5) is 0 Å². The summed E-state index contributed by atoms with van der Waals surface area (Å²) in [4.78, 5) is 24.7. The van der Waals surface area contributed by atoms with Crippen LogP contribution in [0.1, 0.15) is 22.6 Å². The van der Waals surface area contributed by atoms with E-state index in [4.69, 9.17) is 0 Å². The molecular formula is C19H17N2NaO3. The van der Waals surface area contributed by atoms with Gasteiger partial charge in [0, 0.05) is 25.6 Å². The fraction of sp³-hybridized carbons (Fsp3) is 0.158. The predicted molar refractivity (Wildman–Crippen MR) is 90.2 cm³/mol. The largest absolute Gasteiger partial charge is 1.00 e. The Morgan fingerprint density at radius 1 is 0.800 bits per heavy atom. The Bertz CT molecular complexity index is 940. The van der Waals surface area contributed by atoms with Crippen molar-refractivity contribution in [2.45, 2.75) is 5.92 Å². The van der Waals surface area contributed by atoms with E-state index in [1.807, 2.05) is 60.7 Å². The van der Waals surface area contributed by atoms with Gasteiger partial charge in [0.15, 0.2) is 0 Å². The molecule has 0 bridgehead atoms. The Hall–Kier alpha value is -2.08. The van der Waals surface area contributed by atoms with Crippen molar-refractivity contribution in [1.82, 2.24) is 9.13 Å². The summed E-state index contributed by atoms with van der Waals surface area (Å²) < 4.78 is 1.96. The van der Waals surface area contributed by atoms with E-state index in [9.17, 15) is 14.7 Å². The van der Waals surface area contributed by atoms with E-state index in [1.54, 1.807) is 0 Å². The molecule has 3 aromatic rings. The Labute approximate surface area is 167 Å². The minimum absolute atomic E-state index is 0. The minimum Gasteiger partial charge on any atom is -0.860 e. The van der Waals surface area contributed by atoms with Crippen LogP contribution in [0.25, 0.3) is 0 Å². The average Bonchev–Trinajstić information content (AvgIpc) is 2.63. The second kappa shape index (κ2) is 7.87. The molecule has 5 nitrogen and oxygen atoms in total. The van der Waals surface area contributed by atoms with Gasteiger partial charge in [0.1, 0.15) is 0 Å². The molecule has 0 radical (unpaired) electrons. The van der Waals surface area contributed by atoms with Crippen LogP contribution in [0.3, 0.4) is 0 Å². The molecule has 0 atom stereocenters. The van der Waals surface area contributed by atoms with E-state index in [0.29, 0.717) is 0 Å². The first-order valence-corrected chi connectivity index (χ1v) is 7.59.